The first-order valence-electron chi connectivity index (χ1n) is 9.30. The van der Waals surface area contributed by atoms with Crippen molar-refractivity contribution in [1.82, 2.24) is 4.98 Å². The van der Waals surface area contributed by atoms with Crippen molar-refractivity contribution in [2.75, 3.05) is 0 Å². The Morgan fingerprint density at radius 3 is 2.42 bits per heavy atom. The molecule has 1 heterocycles. The fraction of sp³-hybridized carbons (Fsp3) is 0.0833. The number of fused-ring (bicyclic) bond motifs is 1. The summed E-state index contributed by atoms with van der Waals surface area (Å²) in [5.74, 6) is -0.647. The van der Waals surface area contributed by atoms with Gasteiger partial charge in [-0.05, 0) is 42.0 Å². The number of alkyl halides is 3. The molecule has 0 aliphatic rings. The average Bonchev–Trinajstić information content (AvgIpc) is 2.77. The van der Waals surface area contributed by atoms with Crippen molar-refractivity contribution in [3.8, 4) is 11.3 Å². The van der Waals surface area contributed by atoms with E-state index in [1.165, 1.54) is 12.1 Å². The standard InChI is InChI=1S/C24H15ClF3NO2/c25-18-10-8-16(9-11-18)22-13-20(19-6-1-2-7-21(19)29-22)23(30)31-14-15-4-3-5-17(12-15)24(26,27)28/h1-13H,14H2. The van der Waals surface area contributed by atoms with Gasteiger partial charge in [0.25, 0.3) is 0 Å². The van der Waals surface area contributed by atoms with E-state index in [1.54, 1.807) is 54.6 Å². The van der Waals surface area contributed by atoms with E-state index in [2.05, 4.69) is 4.98 Å². The number of rotatable bonds is 4. The van der Waals surface area contributed by atoms with Crippen molar-refractivity contribution in [2.24, 2.45) is 0 Å². The Morgan fingerprint density at radius 2 is 1.68 bits per heavy atom. The van der Waals surface area contributed by atoms with Gasteiger partial charge in [0.2, 0.25) is 0 Å². The van der Waals surface area contributed by atoms with Gasteiger partial charge in [-0.25, -0.2) is 9.78 Å². The van der Waals surface area contributed by atoms with Crippen molar-refractivity contribution >= 4 is 28.5 Å². The molecule has 0 saturated carbocycles. The van der Waals surface area contributed by atoms with Gasteiger partial charge in [-0.3, -0.25) is 0 Å². The average molecular weight is 442 g/mol. The second-order valence-electron chi connectivity index (χ2n) is 6.85. The molecule has 0 radical (unpaired) electrons. The number of esters is 1. The van der Waals surface area contributed by atoms with Crippen LogP contribution in [0.2, 0.25) is 5.02 Å². The monoisotopic (exact) mass is 441 g/mol. The Bertz CT molecular complexity index is 1250. The highest BCUT2D eigenvalue weighted by atomic mass is 35.5. The lowest BCUT2D eigenvalue weighted by Gasteiger charge is -2.11. The Balaban J connectivity index is 1.65. The second kappa shape index (κ2) is 8.40. The third-order valence-electron chi connectivity index (χ3n) is 4.70. The molecule has 0 amide bonds. The number of pyridine rings is 1. The molecule has 0 bridgehead atoms. The van der Waals surface area contributed by atoms with Crippen LogP contribution in [0.25, 0.3) is 22.2 Å². The van der Waals surface area contributed by atoms with Crippen molar-refractivity contribution < 1.29 is 22.7 Å². The molecule has 156 valence electrons. The first-order chi connectivity index (χ1) is 14.8. The van der Waals surface area contributed by atoms with Gasteiger partial charge in [0, 0.05) is 16.0 Å². The Labute approximate surface area is 181 Å². The zero-order valence-electron chi connectivity index (χ0n) is 16.0. The molecule has 0 spiro atoms. The maximum Gasteiger partial charge on any atom is 0.416 e. The number of halogens is 4. The first kappa shape index (κ1) is 20.9. The number of carbonyl (C=O) groups excluding carboxylic acids is 1. The van der Waals surface area contributed by atoms with Crippen LogP contribution in [-0.2, 0) is 17.5 Å². The van der Waals surface area contributed by atoms with Crippen LogP contribution in [0.5, 0.6) is 0 Å². The summed E-state index contributed by atoms with van der Waals surface area (Å²) in [6, 6.07) is 20.4. The van der Waals surface area contributed by atoms with E-state index in [-0.39, 0.29) is 17.7 Å². The Kier molecular flexibility index (Phi) is 5.65. The van der Waals surface area contributed by atoms with E-state index >= 15 is 0 Å². The number of benzene rings is 3. The predicted octanol–water partition coefficient (Wildman–Crippen LogP) is 6.93. The highest BCUT2D eigenvalue weighted by Gasteiger charge is 2.30. The third-order valence-corrected chi connectivity index (χ3v) is 4.95. The summed E-state index contributed by atoms with van der Waals surface area (Å²) < 4.78 is 44.1. The molecule has 4 aromatic rings. The molecule has 0 unspecified atom stereocenters. The van der Waals surface area contributed by atoms with Gasteiger partial charge in [0.15, 0.2) is 0 Å². The fourth-order valence-corrected chi connectivity index (χ4v) is 3.30. The molecule has 3 aromatic carbocycles. The number of hydrogen-bond acceptors (Lipinski definition) is 3. The van der Waals surface area contributed by atoms with Crippen LogP contribution < -0.4 is 0 Å². The highest BCUT2D eigenvalue weighted by Crippen LogP contribution is 2.30. The Morgan fingerprint density at radius 1 is 0.935 bits per heavy atom. The second-order valence-corrected chi connectivity index (χ2v) is 7.29. The molecular formula is C24H15ClF3NO2. The maximum atomic E-state index is 12.9. The minimum atomic E-state index is -4.46. The molecule has 3 nitrogen and oxygen atoms in total. The molecule has 0 aliphatic heterocycles. The summed E-state index contributed by atoms with van der Waals surface area (Å²) in [5.41, 5.74) is 1.66. The van der Waals surface area contributed by atoms with E-state index in [9.17, 15) is 18.0 Å². The van der Waals surface area contributed by atoms with Gasteiger partial charge >= 0.3 is 12.1 Å². The zero-order chi connectivity index (χ0) is 22.0. The molecule has 0 fully saturated rings. The lowest BCUT2D eigenvalue weighted by molar-refractivity contribution is -0.137. The van der Waals surface area contributed by atoms with E-state index in [0.717, 1.165) is 17.7 Å². The number of aromatic nitrogens is 1. The van der Waals surface area contributed by atoms with Gasteiger partial charge in [-0.15, -0.1) is 0 Å². The van der Waals surface area contributed by atoms with E-state index in [4.69, 9.17) is 16.3 Å². The molecule has 1 aromatic heterocycles. The summed E-state index contributed by atoms with van der Waals surface area (Å²) in [7, 11) is 0. The van der Waals surface area contributed by atoms with Crippen molar-refractivity contribution in [1.29, 1.82) is 0 Å². The SMILES string of the molecule is O=C(OCc1cccc(C(F)(F)F)c1)c1cc(-c2ccc(Cl)cc2)nc2ccccc12. The number of ether oxygens (including phenoxy) is 1. The van der Waals surface area contributed by atoms with Crippen LogP contribution in [0.1, 0.15) is 21.5 Å². The van der Waals surface area contributed by atoms with Gasteiger partial charge in [-0.1, -0.05) is 54.1 Å². The topological polar surface area (TPSA) is 39.2 Å². The number of para-hydroxylation sites is 1. The summed E-state index contributed by atoms with van der Waals surface area (Å²) in [4.78, 5) is 17.5. The molecular weight excluding hydrogens is 427 g/mol. The van der Waals surface area contributed by atoms with Gasteiger partial charge < -0.3 is 4.74 Å². The number of nitrogens with zero attached hydrogens (tertiary/aromatic N) is 1. The number of carbonyl (C=O) groups is 1. The van der Waals surface area contributed by atoms with E-state index in [1.807, 2.05) is 0 Å². The van der Waals surface area contributed by atoms with Crippen LogP contribution in [0.4, 0.5) is 13.2 Å². The molecule has 0 aliphatic carbocycles. The van der Waals surface area contributed by atoms with Crippen LogP contribution in [0.15, 0.2) is 78.9 Å². The van der Waals surface area contributed by atoms with Crippen LogP contribution in [0, 0.1) is 0 Å². The first-order valence-corrected chi connectivity index (χ1v) is 9.68. The molecule has 4 rings (SSSR count). The molecule has 31 heavy (non-hydrogen) atoms. The van der Waals surface area contributed by atoms with Gasteiger partial charge in [-0.2, -0.15) is 13.2 Å². The molecule has 7 heteroatoms. The summed E-state index contributed by atoms with van der Waals surface area (Å²) in [6.45, 7) is -0.282. The minimum Gasteiger partial charge on any atom is -0.457 e. The van der Waals surface area contributed by atoms with E-state index < -0.39 is 17.7 Å². The van der Waals surface area contributed by atoms with Crippen molar-refractivity contribution in [2.45, 2.75) is 12.8 Å². The van der Waals surface area contributed by atoms with Crippen LogP contribution in [0.3, 0.4) is 0 Å². The van der Waals surface area contributed by atoms with Crippen LogP contribution >= 0.6 is 11.6 Å². The Hall–Kier alpha value is -3.38. The van der Waals surface area contributed by atoms with Crippen molar-refractivity contribution in [3.05, 3.63) is 101 Å². The third kappa shape index (κ3) is 4.70. The van der Waals surface area contributed by atoms with E-state index in [0.29, 0.717) is 21.6 Å². The molecule has 0 saturated heterocycles. The highest BCUT2D eigenvalue weighted by molar-refractivity contribution is 6.30. The zero-order valence-corrected chi connectivity index (χ0v) is 16.7. The largest absolute Gasteiger partial charge is 0.457 e. The smallest absolute Gasteiger partial charge is 0.416 e. The van der Waals surface area contributed by atoms with Crippen molar-refractivity contribution in [3.63, 3.8) is 0 Å². The normalized spacial score (nSPS) is 11.5. The van der Waals surface area contributed by atoms with Gasteiger partial charge in [0.05, 0.1) is 22.3 Å². The molecule has 0 N–H and O–H groups in total. The lowest BCUT2D eigenvalue weighted by atomic mass is 10.0. The maximum absolute atomic E-state index is 12.9. The quantitative estimate of drug-likeness (QED) is 0.322. The van der Waals surface area contributed by atoms with Crippen LogP contribution in [-0.4, -0.2) is 11.0 Å². The lowest BCUT2D eigenvalue weighted by Crippen LogP contribution is -2.09. The minimum absolute atomic E-state index is 0.250. The summed E-state index contributed by atoms with van der Waals surface area (Å²) in [5, 5.41) is 1.17. The summed E-state index contributed by atoms with van der Waals surface area (Å²) in [6.07, 6.45) is -4.46. The fourth-order valence-electron chi connectivity index (χ4n) is 3.18. The molecule has 0 atom stereocenters. The summed E-state index contributed by atoms with van der Waals surface area (Å²) >= 11 is 5.95. The van der Waals surface area contributed by atoms with Gasteiger partial charge in [0.1, 0.15) is 6.61 Å². The predicted molar refractivity (Wildman–Crippen MR) is 113 cm³/mol. The number of hydrogen-bond donors (Lipinski definition) is 0.